The molecular weight excluding hydrogens is 310 g/mol. The van der Waals surface area contributed by atoms with Crippen molar-refractivity contribution >= 4 is 0 Å². The number of halogens is 2. The van der Waals surface area contributed by atoms with Gasteiger partial charge in [0.05, 0.1) is 13.2 Å². The minimum absolute atomic E-state index is 0.101. The first-order chi connectivity index (χ1) is 11.7. The van der Waals surface area contributed by atoms with Crippen LogP contribution in [0.1, 0.15) is 50.0 Å². The topological polar surface area (TPSA) is 18.5 Å². The van der Waals surface area contributed by atoms with Crippen molar-refractivity contribution in [3.05, 3.63) is 48.1 Å². The van der Waals surface area contributed by atoms with Gasteiger partial charge in [0, 0.05) is 11.8 Å². The van der Waals surface area contributed by atoms with Crippen molar-refractivity contribution < 1.29 is 18.3 Å². The third-order valence-corrected chi connectivity index (χ3v) is 5.34. The summed E-state index contributed by atoms with van der Waals surface area (Å²) in [6, 6.07) is 4.28. The third kappa shape index (κ3) is 4.22. The Morgan fingerprint density at radius 1 is 1.04 bits per heavy atom. The van der Waals surface area contributed by atoms with Gasteiger partial charge in [-0.2, -0.15) is 0 Å². The van der Waals surface area contributed by atoms with E-state index in [1.807, 2.05) is 6.08 Å². The van der Waals surface area contributed by atoms with Crippen molar-refractivity contribution in [2.24, 2.45) is 11.8 Å². The van der Waals surface area contributed by atoms with Crippen LogP contribution in [0.3, 0.4) is 0 Å². The van der Waals surface area contributed by atoms with Crippen molar-refractivity contribution in [2.45, 2.75) is 50.7 Å². The van der Waals surface area contributed by atoms with E-state index in [1.54, 1.807) is 6.07 Å². The van der Waals surface area contributed by atoms with Gasteiger partial charge in [-0.05, 0) is 62.1 Å². The predicted molar refractivity (Wildman–Crippen MR) is 89.7 cm³/mol. The molecule has 4 heteroatoms. The minimum Gasteiger partial charge on any atom is -0.352 e. The molecule has 1 aromatic carbocycles. The molecule has 24 heavy (non-hydrogen) atoms. The van der Waals surface area contributed by atoms with Crippen molar-refractivity contribution in [1.29, 1.82) is 0 Å². The fourth-order valence-electron chi connectivity index (χ4n) is 3.84. The molecule has 2 aliphatic rings. The molecule has 1 heterocycles. The molecule has 0 amide bonds. The van der Waals surface area contributed by atoms with Gasteiger partial charge in [-0.1, -0.05) is 12.1 Å². The van der Waals surface area contributed by atoms with Gasteiger partial charge in [-0.15, -0.1) is 6.58 Å². The molecule has 1 aliphatic carbocycles. The first-order valence-corrected chi connectivity index (χ1v) is 8.96. The molecule has 1 aromatic rings. The molecule has 0 aromatic heterocycles. The molecule has 0 atom stereocenters. The van der Waals surface area contributed by atoms with Crippen LogP contribution in [0.2, 0.25) is 0 Å². The molecule has 1 saturated heterocycles. The van der Waals surface area contributed by atoms with Crippen LogP contribution >= 0.6 is 0 Å². The molecule has 0 spiro atoms. The first kappa shape index (κ1) is 17.6. The molecule has 2 nitrogen and oxygen atoms in total. The van der Waals surface area contributed by atoms with Gasteiger partial charge >= 0.3 is 0 Å². The summed E-state index contributed by atoms with van der Waals surface area (Å²) in [6.07, 6.45) is 7.86. The van der Waals surface area contributed by atoms with E-state index in [0.717, 1.165) is 57.3 Å². The van der Waals surface area contributed by atoms with E-state index in [1.165, 1.54) is 12.1 Å². The van der Waals surface area contributed by atoms with Crippen LogP contribution in [-0.2, 0) is 9.47 Å². The summed E-state index contributed by atoms with van der Waals surface area (Å²) in [5.74, 6) is -0.341. The van der Waals surface area contributed by atoms with Gasteiger partial charge in [0.2, 0.25) is 0 Å². The van der Waals surface area contributed by atoms with Crippen LogP contribution in [-0.4, -0.2) is 19.5 Å². The Bertz CT molecular complexity index is 545. The highest BCUT2D eigenvalue weighted by atomic mass is 19.2. The van der Waals surface area contributed by atoms with Crippen LogP contribution < -0.4 is 0 Å². The Hall–Kier alpha value is -1.26. The summed E-state index contributed by atoms with van der Waals surface area (Å²) in [5.41, 5.74) is 0.905. The number of allylic oxidation sites excluding steroid dienone is 1. The van der Waals surface area contributed by atoms with Crippen LogP contribution in [0.25, 0.3) is 0 Å². The minimum atomic E-state index is -0.776. The molecule has 0 radical (unpaired) electrons. The van der Waals surface area contributed by atoms with Gasteiger partial charge in [-0.25, -0.2) is 8.78 Å². The normalized spacial score (nSPS) is 30.9. The molecule has 0 bridgehead atoms. The SMILES string of the molecule is C=CCCC1COC(C2CCC(c3ccc(F)c(F)c3)CC2)OC1. The van der Waals surface area contributed by atoms with E-state index >= 15 is 0 Å². The monoisotopic (exact) mass is 336 g/mol. The molecule has 1 saturated carbocycles. The fraction of sp³-hybridized carbons (Fsp3) is 0.600. The largest absolute Gasteiger partial charge is 0.352 e. The molecule has 1 aliphatic heterocycles. The summed E-state index contributed by atoms with van der Waals surface area (Å²) in [5, 5.41) is 0. The highest BCUT2D eigenvalue weighted by molar-refractivity contribution is 5.22. The first-order valence-electron chi connectivity index (χ1n) is 8.96. The summed E-state index contributed by atoms with van der Waals surface area (Å²) < 4.78 is 38.3. The fourth-order valence-corrected chi connectivity index (χ4v) is 3.84. The highest BCUT2D eigenvalue weighted by Crippen LogP contribution is 2.39. The van der Waals surface area contributed by atoms with Gasteiger partial charge < -0.3 is 9.47 Å². The zero-order valence-electron chi connectivity index (χ0n) is 14.1. The number of hydrogen-bond donors (Lipinski definition) is 0. The zero-order chi connectivity index (χ0) is 16.9. The van der Waals surface area contributed by atoms with E-state index in [0.29, 0.717) is 17.8 Å². The molecule has 0 N–H and O–H groups in total. The van der Waals surface area contributed by atoms with Crippen molar-refractivity contribution in [1.82, 2.24) is 0 Å². The number of hydrogen-bond acceptors (Lipinski definition) is 2. The molecule has 0 unspecified atom stereocenters. The van der Waals surface area contributed by atoms with Gasteiger partial charge in [0.1, 0.15) is 0 Å². The van der Waals surface area contributed by atoms with Crippen LogP contribution in [0, 0.1) is 23.5 Å². The zero-order valence-corrected chi connectivity index (χ0v) is 14.1. The van der Waals surface area contributed by atoms with Crippen LogP contribution in [0.15, 0.2) is 30.9 Å². The van der Waals surface area contributed by atoms with Gasteiger partial charge in [0.15, 0.2) is 17.9 Å². The van der Waals surface area contributed by atoms with Gasteiger partial charge in [-0.3, -0.25) is 0 Å². The Morgan fingerprint density at radius 3 is 2.38 bits per heavy atom. The lowest BCUT2D eigenvalue weighted by Gasteiger charge is -2.37. The van der Waals surface area contributed by atoms with Crippen molar-refractivity contribution in [2.75, 3.05) is 13.2 Å². The number of rotatable bonds is 5. The molecular formula is C20H26F2O2. The number of ether oxygens (including phenoxy) is 2. The maximum Gasteiger partial charge on any atom is 0.160 e. The predicted octanol–water partition coefficient (Wildman–Crippen LogP) is 5.19. The van der Waals surface area contributed by atoms with Crippen LogP contribution in [0.4, 0.5) is 8.78 Å². The van der Waals surface area contributed by atoms with E-state index in [-0.39, 0.29) is 6.29 Å². The Balaban J connectivity index is 1.47. The van der Waals surface area contributed by atoms with Crippen molar-refractivity contribution in [3.63, 3.8) is 0 Å². The quantitative estimate of drug-likeness (QED) is 0.689. The van der Waals surface area contributed by atoms with E-state index in [9.17, 15) is 8.78 Å². The average Bonchev–Trinajstić information content (AvgIpc) is 2.63. The standard InChI is InChI=1S/C20H26F2O2/c1-2-3-4-14-12-23-20(24-13-14)16-7-5-15(6-8-16)17-9-10-18(21)19(22)11-17/h2,9-11,14-16,20H,1,3-8,12-13H2. The average molecular weight is 336 g/mol. The Kier molecular flexibility index (Phi) is 6.01. The Labute approximate surface area is 142 Å². The lowest BCUT2D eigenvalue weighted by atomic mass is 9.78. The smallest absolute Gasteiger partial charge is 0.160 e. The number of benzene rings is 1. The second kappa shape index (κ2) is 8.21. The Morgan fingerprint density at radius 2 is 1.75 bits per heavy atom. The lowest BCUT2D eigenvalue weighted by molar-refractivity contribution is -0.229. The summed E-state index contributed by atoms with van der Waals surface area (Å²) in [7, 11) is 0. The van der Waals surface area contributed by atoms with Crippen molar-refractivity contribution in [3.8, 4) is 0 Å². The summed E-state index contributed by atoms with van der Waals surface area (Å²) in [6.45, 7) is 5.28. The van der Waals surface area contributed by atoms with Crippen LogP contribution in [0.5, 0.6) is 0 Å². The van der Waals surface area contributed by atoms with E-state index in [2.05, 4.69) is 6.58 Å². The lowest BCUT2D eigenvalue weighted by Crippen LogP contribution is -2.38. The summed E-state index contributed by atoms with van der Waals surface area (Å²) in [4.78, 5) is 0. The van der Waals surface area contributed by atoms with Gasteiger partial charge in [0.25, 0.3) is 0 Å². The maximum atomic E-state index is 13.4. The second-order valence-electron chi connectivity index (χ2n) is 7.05. The second-order valence-corrected chi connectivity index (χ2v) is 7.05. The highest BCUT2D eigenvalue weighted by Gasteiger charge is 2.32. The molecule has 132 valence electrons. The molecule has 2 fully saturated rings. The van der Waals surface area contributed by atoms with E-state index < -0.39 is 11.6 Å². The maximum absolute atomic E-state index is 13.4. The summed E-state index contributed by atoms with van der Waals surface area (Å²) >= 11 is 0. The third-order valence-electron chi connectivity index (χ3n) is 5.34. The van der Waals surface area contributed by atoms with E-state index in [4.69, 9.17) is 9.47 Å². The molecule has 3 rings (SSSR count).